The fourth-order valence-corrected chi connectivity index (χ4v) is 4.93. The average Bonchev–Trinajstić information content (AvgIpc) is 3.50. The largest absolute Gasteiger partial charge is 0.497 e. The first-order valence-electron chi connectivity index (χ1n) is 11.8. The summed E-state index contributed by atoms with van der Waals surface area (Å²) in [5, 5.41) is 2.96. The van der Waals surface area contributed by atoms with E-state index in [1.54, 1.807) is 41.2 Å². The summed E-state index contributed by atoms with van der Waals surface area (Å²) in [4.78, 5) is 42.5. The van der Waals surface area contributed by atoms with E-state index in [9.17, 15) is 14.4 Å². The van der Waals surface area contributed by atoms with Gasteiger partial charge in [0.15, 0.2) is 0 Å². The van der Waals surface area contributed by atoms with Gasteiger partial charge in [-0.05, 0) is 31.0 Å². The molecule has 33 heavy (non-hydrogen) atoms. The number of piperidine rings is 1. The van der Waals surface area contributed by atoms with Gasteiger partial charge in [-0.3, -0.25) is 19.3 Å². The van der Waals surface area contributed by atoms with Crippen molar-refractivity contribution in [1.82, 2.24) is 15.1 Å². The first kappa shape index (κ1) is 23.5. The summed E-state index contributed by atoms with van der Waals surface area (Å²) in [6.45, 7) is 4.06. The summed E-state index contributed by atoms with van der Waals surface area (Å²) in [5.74, 6) is 0.127. The first-order chi connectivity index (χ1) is 16.0. The molecule has 4 rings (SSSR count). The normalized spacial score (nSPS) is 24.2. The molecule has 1 N–H and O–H groups in total. The topological polar surface area (TPSA) is 97.4 Å². The van der Waals surface area contributed by atoms with Gasteiger partial charge in [-0.1, -0.05) is 13.0 Å². The number of methoxy groups -OCH3 is 1. The van der Waals surface area contributed by atoms with Crippen LogP contribution >= 0.6 is 0 Å². The predicted octanol–water partition coefficient (Wildman–Crippen LogP) is 1.56. The van der Waals surface area contributed by atoms with E-state index in [0.717, 1.165) is 12.8 Å². The minimum absolute atomic E-state index is 0.0102. The van der Waals surface area contributed by atoms with Gasteiger partial charge < -0.3 is 24.4 Å². The monoisotopic (exact) mass is 459 g/mol. The van der Waals surface area contributed by atoms with Crippen LogP contribution in [0.5, 0.6) is 5.75 Å². The molecule has 3 saturated heterocycles. The second kappa shape index (κ2) is 10.1. The van der Waals surface area contributed by atoms with Crippen molar-refractivity contribution in [3.05, 3.63) is 29.8 Å². The molecule has 1 spiro atoms. The molecule has 9 heteroatoms. The smallest absolute Gasteiger partial charge is 0.257 e. The number of nitrogens with one attached hydrogen (secondary N) is 1. The zero-order valence-corrected chi connectivity index (χ0v) is 19.4. The molecular formula is C24H33N3O6. The van der Waals surface area contributed by atoms with Crippen LogP contribution in [-0.2, 0) is 19.1 Å². The SMILES string of the molecule is CCC(=O)N1CCC2(CC1)OCC(C(=O)NCC1CCCO1)N2C(=O)c1cccc(OC)c1. The van der Waals surface area contributed by atoms with Crippen molar-refractivity contribution in [3.8, 4) is 5.75 Å². The van der Waals surface area contributed by atoms with E-state index in [4.69, 9.17) is 14.2 Å². The zero-order valence-electron chi connectivity index (χ0n) is 19.4. The lowest BCUT2D eigenvalue weighted by Gasteiger charge is -2.44. The van der Waals surface area contributed by atoms with Gasteiger partial charge in [-0.25, -0.2) is 0 Å². The lowest BCUT2D eigenvalue weighted by Crippen LogP contribution is -2.60. The Labute approximate surface area is 194 Å². The quantitative estimate of drug-likeness (QED) is 0.694. The van der Waals surface area contributed by atoms with Crippen LogP contribution in [0.25, 0.3) is 0 Å². The fraction of sp³-hybridized carbons (Fsp3) is 0.625. The minimum Gasteiger partial charge on any atom is -0.497 e. The molecule has 2 atom stereocenters. The maximum atomic E-state index is 13.7. The Morgan fingerprint density at radius 3 is 2.70 bits per heavy atom. The molecule has 0 saturated carbocycles. The van der Waals surface area contributed by atoms with Crippen LogP contribution < -0.4 is 10.1 Å². The molecule has 0 radical (unpaired) electrons. The maximum Gasteiger partial charge on any atom is 0.257 e. The molecule has 180 valence electrons. The van der Waals surface area contributed by atoms with Gasteiger partial charge in [0.1, 0.15) is 17.5 Å². The summed E-state index contributed by atoms with van der Waals surface area (Å²) in [6, 6.07) is 6.16. The molecule has 1 aromatic carbocycles. The molecule has 1 aromatic rings. The van der Waals surface area contributed by atoms with Crippen LogP contribution in [0.4, 0.5) is 0 Å². The number of carbonyl (C=O) groups is 3. The Morgan fingerprint density at radius 1 is 1.24 bits per heavy atom. The zero-order chi connectivity index (χ0) is 23.4. The molecule has 3 aliphatic rings. The number of rotatable bonds is 6. The van der Waals surface area contributed by atoms with Crippen molar-refractivity contribution in [2.24, 2.45) is 0 Å². The third-order valence-electron chi connectivity index (χ3n) is 6.83. The standard InChI is InChI=1S/C24H33N3O6/c1-3-21(28)26-11-9-24(10-12-26)27(23(30)17-6-4-7-18(14-17)31-2)20(16-33-24)22(29)25-15-19-8-5-13-32-19/h4,6-7,14,19-20H,3,5,8-13,15-16H2,1-2H3,(H,25,29). The summed E-state index contributed by atoms with van der Waals surface area (Å²) in [7, 11) is 1.55. The highest BCUT2D eigenvalue weighted by molar-refractivity contribution is 5.98. The number of amides is 3. The lowest BCUT2D eigenvalue weighted by atomic mass is 9.96. The molecule has 3 heterocycles. The highest BCUT2D eigenvalue weighted by Crippen LogP contribution is 2.39. The summed E-state index contributed by atoms with van der Waals surface area (Å²) >= 11 is 0. The number of nitrogens with zero attached hydrogens (tertiary/aromatic N) is 2. The molecule has 3 amide bonds. The van der Waals surface area contributed by atoms with Gasteiger partial charge in [0.25, 0.3) is 5.91 Å². The average molecular weight is 460 g/mol. The first-order valence-corrected chi connectivity index (χ1v) is 11.8. The maximum absolute atomic E-state index is 13.7. The van der Waals surface area contributed by atoms with Crippen molar-refractivity contribution in [2.75, 3.05) is 40.0 Å². The number of ether oxygens (including phenoxy) is 3. The molecule has 0 aromatic heterocycles. The third-order valence-corrected chi connectivity index (χ3v) is 6.83. The Hall–Kier alpha value is -2.65. The molecule has 3 aliphatic heterocycles. The molecule has 0 aliphatic carbocycles. The van der Waals surface area contributed by atoms with Crippen molar-refractivity contribution in [2.45, 2.75) is 56.9 Å². The van der Waals surface area contributed by atoms with Gasteiger partial charge in [-0.15, -0.1) is 0 Å². The third kappa shape index (κ3) is 4.84. The van der Waals surface area contributed by atoms with Gasteiger partial charge >= 0.3 is 0 Å². The predicted molar refractivity (Wildman–Crippen MR) is 120 cm³/mol. The second-order valence-electron chi connectivity index (χ2n) is 8.79. The lowest BCUT2D eigenvalue weighted by molar-refractivity contribution is -0.143. The fourth-order valence-electron chi connectivity index (χ4n) is 4.93. The molecule has 2 unspecified atom stereocenters. The Morgan fingerprint density at radius 2 is 2.03 bits per heavy atom. The van der Waals surface area contributed by atoms with Crippen molar-refractivity contribution < 1.29 is 28.6 Å². The Bertz CT molecular complexity index is 877. The minimum atomic E-state index is -0.920. The summed E-state index contributed by atoms with van der Waals surface area (Å²) < 4.78 is 17.1. The number of benzene rings is 1. The molecule has 9 nitrogen and oxygen atoms in total. The van der Waals surface area contributed by atoms with E-state index < -0.39 is 11.8 Å². The van der Waals surface area contributed by atoms with E-state index in [1.165, 1.54) is 0 Å². The van der Waals surface area contributed by atoms with Gasteiger partial charge in [0.2, 0.25) is 11.8 Å². The second-order valence-corrected chi connectivity index (χ2v) is 8.79. The number of hydrogen-bond donors (Lipinski definition) is 1. The van der Waals surface area contributed by atoms with E-state index in [-0.39, 0.29) is 30.4 Å². The van der Waals surface area contributed by atoms with Gasteiger partial charge in [0.05, 0.1) is 19.8 Å². The van der Waals surface area contributed by atoms with Crippen molar-refractivity contribution in [1.29, 1.82) is 0 Å². The summed E-state index contributed by atoms with van der Waals surface area (Å²) in [6.07, 6.45) is 3.28. The number of likely N-dealkylation sites (tertiary alicyclic amines) is 1. The van der Waals surface area contributed by atoms with Crippen molar-refractivity contribution >= 4 is 17.7 Å². The number of carbonyl (C=O) groups excluding carboxylic acids is 3. The van der Waals surface area contributed by atoms with Gasteiger partial charge in [-0.2, -0.15) is 0 Å². The Balaban J connectivity index is 1.56. The molecule has 3 fully saturated rings. The van der Waals surface area contributed by atoms with Crippen LogP contribution in [0.2, 0.25) is 0 Å². The van der Waals surface area contributed by atoms with Crippen LogP contribution in [0.3, 0.4) is 0 Å². The number of hydrogen-bond acceptors (Lipinski definition) is 6. The summed E-state index contributed by atoms with van der Waals surface area (Å²) in [5.41, 5.74) is -0.487. The van der Waals surface area contributed by atoms with E-state index >= 15 is 0 Å². The van der Waals surface area contributed by atoms with Crippen LogP contribution in [0, 0.1) is 0 Å². The van der Waals surface area contributed by atoms with E-state index in [0.29, 0.717) is 56.8 Å². The van der Waals surface area contributed by atoms with Crippen LogP contribution in [-0.4, -0.2) is 85.3 Å². The highest BCUT2D eigenvalue weighted by atomic mass is 16.5. The highest BCUT2D eigenvalue weighted by Gasteiger charge is 2.54. The van der Waals surface area contributed by atoms with E-state index in [1.807, 2.05) is 6.92 Å². The van der Waals surface area contributed by atoms with Gasteiger partial charge in [0, 0.05) is 51.1 Å². The molecular weight excluding hydrogens is 426 g/mol. The molecule has 0 bridgehead atoms. The van der Waals surface area contributed by atoms with Crippen LogP contribution in [0.15, 0.2) is 24.3 Å². The van der Waals surface area contributed by atoms with Crippen molar-refractivity contribution in [3.63, 3.8) is 0 Å². The van der Waals surface area contributed by atoms with Crippen LogP contribution in [0.1, 0.15) is 49.4 Å². The Kier molecular flexibility index (Phi) is 7.19. The van der Waals surface area contributed by atoms with E-state index in [2.05, 4.69) is 5.32 Å².